The normalized spacial score (nSPS) is 12.3. The van der Waals surface area contributed by atoms with Crippen LogP contribution in [0.4, 0.5) is 5.69 Å². The molecule has 3 aromatic carbocycles. The third-order valence-corrected chi connectivity index (χ3v) is 5.60. The zero-order valence-corrected chi connectivity index (χ0v) is 15.7. The first-order valence-electron chi connectivity index (χ1n) is 8.89. The molecule has 0 radical (unpaired) electrons. The van der Waals surface area contributed by atoms with Crippen LogP contribution in [-0.2, 0) is 11.2 Å². The summed E-state index contributed by atoms with van der Waals surface area (Å²) in [7, 11) is 0. The molecule has 0 bridgehead atoms. The zero-order valence-electron chi connectivity index (χ0n) is 14.8. The van der Waals surface area contributed by atoms with Crippen molar-refractivity contribution >= 4 is 33.1 Å². The molecule has 2 heterocycles. The highest BCUT2D eigenvalue weighted by Crippen LogP contribution is 2.33. The predicted molar refractivity (Wildman–Crippen MR) is 110 cm³/mol. The van der Waals surface area contributed by atoms with Gasteiger partial charge >= 0.3 is 0 Å². The largest absolute Gasteiger partial charge is 0.454 e. The summed E-state index contributed by atoms with van der Waals surface area (Å²) in [5.74, 6) is 1.33. The number of nitrogens with zero attached hydrogens (tertiary/aromatic N) is 1. The summed E-state index contributed by atoms with van der Waals surface area (Å²) in [6.45, 7) is 0.228. The number of thiazole rings is 1. The van der Waals surface area contributed by atoms with Gasteiger partial charge in [0.1, 0.15) is 5.01 Å². The van der Waals surface area contributed by atoms with E-state index in [0.717, 1.165) is 33.1 Å². The first kappa shape index (κ1) is 16.8. The Balaban J connectivity index is 1.27. The molecule has 1 N–H and O–H groups in total. The van der Waals surface area contributed by atoms with E-state index in [1.54, 1.807) is 11.3 Å². The summed E-state index contributed by atoms with van der Waals surface area (Å²) in [5, 5.41) is 3.91. The molecule has 5 rings (SSSR count). The highest BCUT2D eigenvalue weighted by atomic mass is 32.1. The number of ether oxygens (including phenoxy) is 2. The number of fused-ring (bicyclic) bond motifs is 2. The smallest absolute Gasteiger partial charge is 0.231 e. The van der Waals surface area contributed by atoms with E-state index < -0.39 is 0 Å². The van der Waals surface area contributed by atoms with E-state index >= 15 is 0 Å². The number of para-hydroxylation sites is 1. The van der Waals surface area contributed by atoms with Crippen molar-refractivity contribution in [1.82, 2.24) is 4.98 Å². The third-order valence-electron chi connectivity index (χ3n) is 4.51. The average Bonchev–Trinajstić information content (AvgIpc) is 3.34. The zero-order chi connectivity index (χ0) is 18.9. The molecule has 0 spiro atoms. The molecule has 0 saturated heterocycles. The van der Waals surface area contributed by atoms with E-state index in [2.05, 4.69) is 16.4 Å². The first-order chi connectivity index (χ1) is 13.7. The molecule has 1 aliphatic heterocycles. The van der Waals surface area contributed by atoms with Gasteiger partial charge in [0.2, 0.25) is 12.7 Å². The summed E-state index contributed by atoms with van der Waals surface area (Å²) in [6, 6.07) is 21.4. The molecule has 0 atom stereocenters. The van der Waals surface area contributed by atoms with Crippen molar-refractivity contribution < 1.29 is 14.3 Å². The van der Waals surface area contributed by atoms with Gasteiger partial charge in [0, 0.05) is 11.3 Å². The lowest BCUT2D eigenvalue weighted by atomic mass is 10.1. The number of amides is 1. The number of anilines is 1. The van der Waals surface area contributed by atoms with E-state index in [9.17, 15) is 4.79 Å². The predicted octanol–water partition coefficient (Wildman–Crippen LogP) is 4.87. The maximum absolute atomic E-state index is 12.4. The highest BCUT2D eigenvalue weighted by Gasteiger charge is 2.14. The Morgan fingerprint density at radius 1 is 1.00 bits per heavy atom. The maximum atomic E-state index is 12.4. The molecule has 5 nitrogen and oxygen atoms in total. The number of benzene rings is 3. The summed E-state index contributed by atoms with van der Waals surface area (Å²) < 4.78 is 11.8. The number of nitrogens with one attached hydrogen (secondary N) is 1. The van der Waals surface area contributed by atoms with Crippen molar-refractivity contribution in [3.8, 4) is 22.1 Å². The van der Waals surface area contributed by atoms with E-state index in [4.69, 9.17) is 9.47 Å². The molecule has 138 valence electrons. The monoisotopic (exact) mass is 388 g/mol. The van der Waals surface area contributed by atoms with Gasteiger partial charge in [-0.25, -0.2) is 4.98 Å². The van der Waals surface area contributed by atoms with Gasteiger partial charge in [-0.15, -0.1) is 11.3 Å². The molecule has 0 aliphatic carbocycles. The van der Waals surface area contributed by atoms with Crippen LogP contribution in [0.1, 0.15) is 5.56 Å². The van der Waals surface area contributed by atoms with Crippen molar-refractivity contribution in [2.75, 3.05) is 12.1 Å². The molecule has 6 heteroatoms. The fourth-order valence-electron chi connectivity index (χ4n) is 3.13. The van der Waals surface area contributed by atoms with Crippen LogP contribution in [0.3, 0.4) is 0 Å². The number of hydrogen-bond donors (Lipinski definition) is 1. The summed E-state index contributed by atoms with van der Waals surface area (Å²) in [4.78, 5) is 17.0. The van der Waals surface area contributed by atoms with Crippen LogP contribution in [0.2, 0.25) is 0 Å². The van der Waals surface area contributed by atoms with Gasteiger partial charge in [-0.05, 0) is 54.1 Å². The Morgan fingerprint density at radius 2 is 1.82 bits per heavy atom. The van der Waals surface area contributed by atoms with E-state index in [0.29, 0.717) is 5.75 Å². The number of hydrogen-bond acceptors (Lipinski definition) is 5. The Morgan fingerprint density at radius 3 is 2.68 bits per heavy atom. The Kier molecular flexibility index (Phi) is 4.18. The van der Waals surface area contributed by atoms with Crippen molar-refractivity contribution in [3.63, 3.8) is 0 Å². The van der Waals surface area contributed by atoms with Gasteiger partial charge in [-0.1, -0.05) is 18.2 Å². The lowest BCUT2D eigenvalue weighted by Gasteiger charge is -2.07. The molecular formula is C22H16N2O3S. The summed E-state index contributed by atoms with van der Waals surface area (Å²) >= 11 is 1.66. The SMILES string of the molecule is O=C(Cc1ccc2c(c1)OCO2)Nc1ccc(-c2nc3ccccc3s2)cc1. The van der Waals surface area contributed by atoms with Crippen LogP contribution in [0.5, 0.6) is 11.5 Å². The molecule has 4 aromatic rings. The minimum atomic E-state index is -0.0772. The minimum absolute atomic E-state index is 0.0772. The number of carbonyl (C=O) groups is 1. The summed E-state index contributed by atoms with van der Waals surface area (Å²) in [5.41, 5.74) is 3.68. The van der Waals surface area contributed by atoms with Crippen LogP contribution in [-0.4, -0.2) is 17.7 Å². The molecule has 28 heavy (non-hydrogen) atoms. The average molecular weight is 388 g/mol. The van der Waals surface area contributed by atoms with Gasteiger partial charge < -0.3 is 14.8 Å². The van der Waals surface area contributed by atoms with Crippen molar-refractivity contribution in [3.05, 3.63) is 72.3 Å². The fourth-order valence-corrected chi connectivity index (χ4v) is 4.10. The third kappa shape index (κ3) is 3.30. The first-order valence-corrected chi connectivity index (χ1v) is 9.71. The molecule has 1 aromatic heterocycles. The second-order valence-electron chi connectivity index (χ2n) is 6.48. The van der Waals surface area contributed by atoms with Crippen molar-refractivity contribution in [2.24, 2.45) is 0 Å². The number of aromatic nitrogens is 1. The van der Waals surface area contributed by atoms with Crippen LogP contribution in [0, 0.1) is 0 Å². The van der Waals surface area contributed by atoms with E-state index in [-0.39, 0.29) is 19.1 Å². The second-order valence-corrected chi connectivity index (χ2v) is 7.51. The second kappa shape index (κ2) is 6.98. The Hall–Kier alpha value is -3.38. The molecular weight excluding hydrogens is 372 g/mol. The van der Waals surface area contributed by atoms with Gasteiger partial charge in [-0.3, -0.25) is 4.79 Å². The molecule has 0 unspecified atom stereocenters. The lowest BCUT2D eigenvalue weighted by molar-refractivity contribution is -0.115. The lowest BCUT2D eigenvalue weighted by Crippen LogP contribution is -2.14. The van der Waals surface area contributed by atoms with Crippen LogP contribution in [0.15, 0.2) is 66.7 Å². The van der Waals surface area contributed by atoms with E-state index in [1.165, 1.54) is 4.70 Å². The van der Waals surface area contributed by atoms with Gasteiger partial charge in [-0.2, -0.15) is 0 Å². The maximum Gasteiger partial charge on any atom is 0.231 e. The van der Waals surface area contributed by atoms with Crippen molar-refractivity contribution in [1.29, 1.82) is 0 Å². The Bertz CT molecular complexity index is 1140. The quantitative estimate of drug-likeness (QED) is 0.542. The van der Waals surface area contributed by atoms with Gasteiger partial charge in [0.25, 0.3) is 0 Å². The summed E-state index contributed by atoms with van der Waals surface area (Å²) in [6.07, 6.45) is 0.274. The van der Waals surface area contributed by atoms with Crippen LogP contribution in [0.25, 0.3) is 20.8 Å². The van der Waals surface area contributed by atoms with Gasteiger partial charge in [0.15, 0.2) is 11.5 Å². The minimum Gasteiger partial charge on any atom is -0.454 e. The molecule has 1 amide bonds. The molecule has 1 aliphatic rings. The highest BCUT2D eigenvalue weighted by molar-refractivity contribution is 7.21. The standard InChI is InChI=1S/C22H16N2O3S/c25-21(12-14-5-10-18-19(11-14)27-13-26-18)23-16-8-6-15(7-9-16)22-24-17-3-1-2-4-20(17)28-22/h1-11H,12-13H2,(H,23,25). The number of rotatable bonds is 4. The van der Waals surface area contributed by atoms with Crippen LogP contribution >= 0.6 is 11.3 Å². The topological polar surface area (TPSA) is 60.5 Å². The number of carbonyl (C=O) groups excluding carboxylic acids is 1. The van der Waals surface area contributed by atoms with E-state index in [1.807, 2.05) is 60.7 Å². The van der Waals surface area contributed by atoms with Crippen molar-refractivity contribution in [2.45, 2.75) is 6.42 Å². The van der Waals surface area contributed by atoms with Crippen LogP contribution < -0.4 is 14.8 Å². The molecule has 0 fully saturated rings. The Labute approximate surface area is 165 Å². The van der Waals surface area contributed by atoms with Gasteiger partial charge in [0.05, 0.1) is 16.6 Å². The fraction of sp³-hybridized carbons (Fsp3) is 0.0909. The molecule has 0 saturated carbocycles.